The summed E-state index contributed by atoms with van der Waals surface area (Å²) < 4.78 is 7.09. The molecule has 1 amide bonds. The normalized spacial score (nSPS) is 19.3. The Bertz CT molecular complexity index is 792. The first-order chi connectivity index (χ1) is 13.6. The molecule has 0 atom stereocenters. The first-order valence-electron chi connectivity index (χ1n) is 10.4. The van der Waals surface area contributed by atoms with Gasteiger partial charge in [0, 0.05) is 62.7 Å². The van der Waals surface area contributed by atoms with Gasteiger partial charge in [0.05, 0.1) is 19.3 Å². The van der Waals surface area contributed by atoms with E-state index in [1.165, 1.54) is 17.8 Å². The Kier molecular flexibility index (Phi) is 5.36. The van der Waals surface area contributed by atoms with Gasteiger partial charge in [0.15, 0.2) is 5.69 Å². The topological polar surface area (TPSA) is 42.4 Å². The molecule has 2 aliphatic rings. The fraction of sp³-hybridized carbons (Fsp3) is 0.478. The zero-order valence-corrected chi connectivity index (χ0v) is 16.9. The van der Waals surface area contributed by atoms with Crippen LogP contribution in [0.3, 0.4) is 0 Å². The van der Waals surface area contributed by atoms with Crippen molar-refractivity contribution in [3.05, 3.63) is 48.8 Å². The lowest BCUT2D eigenvalue weighted by molar-refractivity contribution is -0.136. The molecule has 148 valence electrons. The average Bonchev–Trinajstić information content (AvgIpc) is 2.69. The van der Waals surface area contributed by atoms with Crippen LogP contribution >= 0.6 is 0 Å². The number of ether oxygens (including phenoxy) is 1. The summed E-state index contributed by atoms with van der Waals surface area (Å²) in [6, 6.07) is 12.8. The molecule has 1 aromatic carbocycles. The van der Waals surface area contributed by atoms with Gasteiger partial charge in [0.25, 0.3) is 0 Å². The van der Waals surface area contributed by atoms with E-state index in [-0.39, 0.29) is 17.9 Å². The fourth-order valence-corrected chi connectivity index (χ4v) is 4.31. The van der Waals surface area contributed by atoms with E-state index in [9.17, 15) is 4.79 Å². The first-order valence-corrected chi connectivity index (χ1v) is 10.4. The van der Waals surface area contributed by atoms with Crippen molar-refractivity contribution in [2.75, 3.05) is 26.2 Å². The van der Waals surface area contributed by atoms with Crippen molar-refractivity contribution >= 4 is 17.3 Å². The summed E-state index contributed by atoms with van der Waals surface area (Å²) in [5, 5.41) is 0. The maximum absolute atomic E-state index is 12.1. The molecule has 3 heterocycles. The summed E-state index contributed by atoms with van der Waals surface area (Å²) >= 11 is 0. The largest absolute Gasteiger partial charge is 0.490 e. The van der Waals surface area contributed by atoms with Crippen molar-refractivity contribution in [2.24, 2.45) is 5.92 Å². The Morgan fingerprint density at radius 3 is 2.36 bits per heavy atom. The van der Waals surface area contributed by atoms with Crippen LogP contribution in [0.2, 0.25) is 0 Å². The van der Waals surface area contributed by atoms with Crippen molar-refractivity contribution in [2.45, 2.75) is 39.2 Å². The quantitative estimate of drug-likeness (QED) is 0.732. The van der Waals surface area contributed by atoms with Crippen molar-refractivity contribution in [3.8, 4) is 5.75 Å². The number of rotatable bonds is 5. The molecular formula is C23H30N3O2+. The number of carbonyl (C=O) groups is 1. The third-order valence-corrected chi connectivity index (χ3v) is 6.10. The summed E-state index contributed by atoms with van der Waals surface area (Å²) in [6.07, 6.45) is 7.03. The molecule has 0 N–H and O–H groups in total. The molecule has 0 bridgehead atoms. The highest BCUT2D eigenvalue weighted by Gasteiger charge is 2.40. The van der Waals surface area contributed by atoms with E-state index in [2.05, 4.69) is 35.3 Å². The second-order valence-corrected chi connectivity index (χ2v) is 8.27. The molecule has 2 aliphatic heterocycles. The van der Waals surface area contributed by atoms with E-state index in [0.29, 0.717) is 0 Å². The second-order valence-electron chi connectivity index (χ2n) is 8.27. The lowest BCUT2D eigenvalue weighted by atomic mass is 10.0. The van der Waals surface area contributed by atoms with Gasteiger partial charge in [-0.05, 0) is 18.2 Å². The summed E-state index contributed by atoms with van der Waals surface area (Å²) in [7, 11) is 0. The molecule has 4 rings (SSSR count). The van der Waals surface area contributed by atoms with Crippen LogP contribution in [-0.2, 0) is 4.79 Å². The molecule has 2 saturated heterocycles. The van der Waals surface area contributed by atoms with Gasteiger partial charge < -0.3 is 9.64 Å². The van der Waals surface area contributed by atoms with Gasteiger partial charge in [0.1, 0.15) is 17.5 Å². The van der Waals surface area contributed by atoms with Crippen molar-refractivity contribution in [1.29, 1.82) is 0 Å². The molecule has 1 aromatic heterocycles. The van der Waals surface area contributed by atoms with E-state index >= 15 is 0 Å². The minimum atomic E-state index is 0.0711. The number of hydrogen-bond donors (Lipinski definition) is 0. The molecule has 5 heteroatoms. The van der Waals surface area contributed by atoms with Crippen LogP contribution in [0, 0.1) is 5.92 Å². The SMILES string of the molecule is CC(C)C(=O)N1CCC(Oc2ccc([N+]3(c4cccnc4)CCC3)cc2)CC1. The van der Waals surface area contributed by atoms with Crippen LogP contribution in [0.25, 0.3) is 0 Å². The molecule has 28 heavy (non-hydrogen) atoms. The highest BCUT2D eigenvalue weighted by Crippen LogP contribution is 2.40. The summed E-state index contributed by atoms with van der Waals surface area (Å²) in [5.41, 5.74) is 2.55. The standard InChI is InChI=1S/C23H30N3O2/c1-18(2)23(27)25-13-10-22(11-14-25)28-21-8-6-19(7-9-21)26(15-4-16-26)20-5-3-12-24-17-20/h3,5-9,12,17-18,22H,4,10-11,13-16H2,1-2H3/q+1. The fourth-order valence-electron chi connectivity index (χ4n) is 4.31. The third-order valence-electron chi connectivity index (χ3n) is 6.10. The number of hydrogen-bond acceptors (Lipinski definition) is 3. The highest BCUT2D eigenvalue weighted by molar-refractivity contribution is 5.78. The Labute approximate surface area is 167 Å². The second kappa shape index (κ2) is 7.92. The van der Waals surface area contributed by atoms with Crippen LogP contribution in [0.4, 0.5) is 11.4 Å². The molecule has 2 aromatic rings. The Hall–Kier alpha value is -2.40. The van der Waals surface area contributed by atoms with Gasteiger partial charge in [-0.3, -0.25) is 14.3 Å². The van der Waals surface area contributed by atoms with Crippen molar-refractivity contribution in [3.63, 3.8) is 0 Å². The number of aromatic nitrogens is 1. The van der Waals surface area contributed by atoms with Gasteiger partial charge in [-0.1, -0.05) is 13.8 Å². The van der Waals surface area contributed by atoms with Crippen LogP contribution in [0.15, 0.2) is 48.8 Å². The molecule has 0 saturated carbocycles. The van der Waals surface area contributed by atoms with Crippen LogP contribution in [-0.4, -0.2) is 48.1 Å². The van der Waals surface area contributed by atoms with E-state index < -0.39 is 0 Å². The number of quaternary nitrogens is 1. The van der Waals surface area contributed by atoms with Crippen LogP contribution in [0.1, 0.15) is 33.1 Å². The lowest BCUT2D eigenvalue weighted by Crippen LogP contribution is -2.55. The van der Waals surface area contributed by atoms with Gasteiger partial charge in [-0.15, -0.1) is 0 Å². The predicted octanol–water partition coefficient (Wildman–Crippen LogP) is 4.15. The number of pyridine rings is 1. The maximum Gasteiger partial charge on any atom is 0.225 e. The van der Waals surface area contributed by atoms with E-state index in [4.69, 9.17) is 4.74 Å². The first kappa shape index (κ1) is 18.9. The van der Waals surface area contributed by atoms with E-state index in [1.807, 2.05) is 37.2 Å². The molecular weight excluding hydrogens is 350 g/mol. The molecule has 0 unspecified atom stereocenters. The van der Waals surface area contributed by atoms with Crippen LogP contribution in [0.5, 0.6) is 5.75 Å². The van der Waals surface area contributed by atoms with Gasteiger partial charge in [-0.2, -0.15) is 0 Å². The van der Waals surface area contributed by atoms with Gasteiger partial charge >= 0.3 is 0 Å². The molecule has 0 radical (unpaired) electrons. The zero-order valence-electron chi connectivity index (χ0n) is 16.9. The lowest BCUT2D eigenvalue weighted by Gasteiger charge is -2.44. The Morgan fingerprint density at radius 1 is 1.11 bits per heavy atom. The average molecular weight is 381 g/mol. The number of piperidine rings is 1. The van der Waals surface area contributed by atoms with Gasteiger partial charge in [0.2, 0.25) is 5.91 Å². The van der Waals surface area contributed by atoms with Crippen molar-refractivity contribution < 1.29 is 9.53 Å². The smallest absolute Gasteiger partial charge is 0.225 e. The summed E-state index contributed by atoms with van der Waals surface area (Å²) in [5.74, 6) is 1.24. The number of nitrogens with zero attached hydrogens (tertiary/aromatic N) is 3. The summed E-state index contributed by atoms with van der Waals surface area (Å²) in [4.78, 5) is 18.4. The number of benzene rings is 1. The maximum atomic E-state index is 12.1. The van der Waals surface area contributed by atoms with Crippen LogP contribution < -0.4 is 9.22 Å². The Morgan fingerprint density at radius 2 is 1.82 bits per heavy atom. The molecule has 2 fully saturated rings. The van der Waals surface area contributed by atoms with E-state index in [0.717, 1.165) is 49.3 Å². The van der Waals surface area contributed by atoms with Gasteiger partial charge in [-0.25, -0.2) is 0 Å². The monoisotopic (exact) mass is 380 g/mol. The molecule has 0 aliphatic carbocycles. The highest BCUT2D eigenvalue weighted by atomic mass is 16.5. The minimum Gasteiger partial charge on any atom is -0.490 e. The molecule has 5 nitrogen and oxygen atoms in total. The number of amides is 1. The Balaban J connectivity index is 1.39. The third kappa shape index (κ3) is 3.63. The van der Waals surface area contributed by atoms with E-state index in [1.54, 1.807) is 0 Å². The zero-order chi connectivity index (χ0) is 19.6. The number of carbonyl (C=O) groups excluding carboxylic acids is 1. The minimum absolute atomic E-state index is 0.0711. The summed E-state index contributed by atoms with van der Waals surface area (Å²) in [6.45, 7) is 7.75. The molecule has 0 spiro atoms. The van der Waals surface area contributed by atoms with Crippen molar-refractivity contribution in [1.82, 2.24) is 14.4 Å². The number of likely N-dealkylation sites (tertiary alicyclic amines) is 1. The predicted molar refractivity (Wildman–Crippen MR) is 112 cm³/mol.